The van der Waals surface area contributed by atoms with Gasteiger partial charge in [-0.05, 0) is 43.7 Å². The quantitative estimate of drug-likeness (QED) is 0.565. The molecule has 2 aliphatic rings. The van der Waals surface area contributed by atoms with Crippen LogP contribution in [0.1, 0.15) is 75.1 Å². The number of azo groups is 1. The lowest BCUT2D eigenvalue weighted by atomic mass is 9.80. The van der Waals surface area contributed by atoms with Crippen LogP contribution in [-0.4, -0.2) is 11.0 Å². The molecule has 0 spiro atoms. The Morgan fingerprint density at radius 1 is 1.19 bits per heavy atom. The zero-order valence-corrected chi connectivity index (χ0v) is 16.5. The number of nitrogens with zero attached hydrogens (tertiary/aromatic N) is 2. The summed E-state index contributed by atoms with van der Waals surface area (Å²) >= 11 is 0. The predicted octanol–water partition coefficient (Wildman–Crippen LogP) is 7.01. The van der Waals surface area contributed by atoms with Crippen LogP contribution in [0, 0.1) is 5.92 Å². The third kappa shape index (κ3) is 3.45. The van der Waals surface area contributed by atoms with Crippen molar-refractivity contribution in [2.75, 3.05) is 5.32 Å². The average Bonchev–Trinajstić information content (AvgIpc) is 3.09. The summed E-state index contributed by atoms with van der Waals surface area (Å²) in [7, 11) is 0. The van der Waals surface area contributed by atoms with E-state index < -0.39 is 0 Å². The van der Waals surface area contributed by atoms with Crippen LogP contribution in [0.5, 0.6) is 0 Å². The van der Waals surface area contributed by atoms with Gasteiger partial charge in [-0.2, -0.15) is 5.11 Å². The number of nitrogens with one attached hydrogen (secondary N) is 2. The van der Waals surface area contributed by atoms with E-state index in [4.69, 9.17) is 0 Å². The molecule has 0 bridgehead atoms. The standard InChI is InChI=1S/C23H30N4/c1-4-15(2)26-27-23-21-16(3)18-12-8-9-13-20(18)25-22(19(21)14-24-23)17-10-6-5-7-11-17/h8-9,12-15,17,22,24-25H,3-7,10-11H2,1-2H3. The van der Waals surface area contributed by atoms with Crippen molar-refractivity contribution in [1.82, 2.24) is 4.98 Å². The topological polar surface area (TPSA) is 52.5 Å². The van der Waals surface area contributed by atoms with Crippen molar-refractivity contribution in [2.45, 2.75) is 64.5 Å². The minimum Gasteiger partial charge on any atom is -0.377 e. The van der Waals surface area contributed by atoms with Gasteiger partial charge in [0.25, 0.3) is 0 Å². The Bertz CT molecular complexity index is 842. The first kappa shape index (κ1) is 18.0. The van der Waals surface area contributed by atoms with Crippen LogP contribution < -0.4 is 5.32 Å². The molecule has 4 heteroatoms. The molecule has 1 saturated carbocycles. The Morgan fingerprint density at radius 3 is 2.74 bits per heavy atom. The SMILES string of the molecule is C=C1c2ccccc2NC(C2CCCCC2)c2c[nH]c(N=NC(C)CC)c21. The number of anilines is 1. The van der Waals surface area contributed by atoms with E-state index in [0.717, 1.165) is 28.9 Å². The maximum absolute atomic E-state index is 4.58. The molecule has 4 nitrogen and oxygen atoms in total. The lowest BCUT2D eigenvalue weighted by Crippen LogP contribution is -2.22. The Hall–Kier alpha value is -2.36. The Morgan fingerprint density at radius 2 is 1.96 bits per heavy atom. The minimum absolute atomic E-state index is 0.225. The van der Waals surface area contributed by atoms with Gasteiger partial charge in [-0.3, -0.25) is 0 Å². The highest BCUT2D eigenvalue weighted by molar-refractivity contribution is 5.91. The normalized spacial score (nSPS) is 21.4. The first-order valence-corrected chi connectivity index (χ1v) is 10.4. The van der Waals surface area contributed by atoms with Crippen LogP contribution in [-0.2, 0) is 0 Å². The highest BCUT2D eigenvalue weighted by atomic mass is 15.2. The molecule has 0 saturated heterocycles. The summed E-state index contributed by atoms with van der Waals surface area (Å²) in [6.45, 7) is 8.69. The van der Waals surface area contributed by atoms with Gasteiger partial charge in [0.05, 0.1) is 12.1 Å². The maximum Gasteiger partial charge on any atom is 0.160 e. The van der Waals surface area contributed by atoms with Crippen molar-refractivity contribution in [3.05, 3.63) is 53.7 Å². The number of hydrogen-bond acceptors (Lipinski definition) is 3. The molecule has 1 aromatic carbocycles. The molecule has 2 N–H and O–H groups in total. The number of benzene rings is 1. The molecular formula is C23H30N4. The zero-order chi connectivity index (χ0) is 18.8. The fourth-order valence-corrected chi connectivity index (χ4v) is 4.40. The second kappa shape index (κ2) is 7.71. The third-order valence-electron chi connectivity index (χ3n) is 6.16. The lowest BCUT2D eigenvalue weighted by Gasteiger charge is -2.31. The van der Waals surface area contributed by atoms with Gasteiger partial charge >= 0.3 is 0 Å². The van der Waals surface area contributed by atoms with Crippen molar-refractivity contribution in [3.8, 4) is 0 Å². The summed E-state index contributed by atoms with van der Waals surface area (Å²) in [4.78, 5) is 3.39. The van der Waals surface area contributed by atoms with E-state index in [9.17, 15) is 0 Å². The number of fused-ring (bicyclic) bond motifs is 2. The van der Waals surface area contributed by atoms with Gasteiger partial charge in [0.15, 0.2) is 5.82 Å². The molecule has 2 heterocycles. The summed E-state index contributed by atoms with van der Waals surface area (Å²) in [5.41, 5.74) is 5.80. The fraction of sp³-hybridized carbons (Fsp3) is 0.478. The summed E-state index contributed by atoms with van der Waals surface area (Å²) in [5.74, 6) is 1.49. The maximum atomic E-state index is 4.58. The second-order valence-corrected chi connectivity index (χ2v) is 7.98. The van der Waals surface area contributed by atoms with Crippen LogP contribution >= 0.6 is 0 Å². The number of para-hydroxylation sites is 1. The number of rotatable bonds is 4. The Balaban J connectivity index is 1.80. The molecule has 1 fully saturated rings. The van der Waals surface area contributed by atoms with E-state index in [1.807, 2.05) is 0 Å². The van der Waals surface area contributed by atoms with Crippen LogP contribution in [0.15, 0.2) is 47.3 Å². The van der Waals surface area contributed by atoms with Crippen molar-refractivity contribution < 1.29 is 0 Å². The van der Waals surface area contributed by atoms with E-state index >= 15 is 0 Å². The minimum atomic E-state index is 0.225. The van der Waals surface area contributed by atoms with Gasteiger partial charge in [0.2, 0.25) is 0 Å². The molecule has 1 aliphatic carbocycles. The van der Waals surface area contributed by atoms with Crippen LogP contribution in [0.3, 0.4) is 0 Å². The highest BCUT2D eigenvalue weighted by Crippen LogP contribution is 2.47. The first-order valence-electron chi connectivity index (χ1n) is 10.4. The average molecular weight is 363 g/mol. The van der Waals surface area contributed by atoms with E-state index in [1.54, 1.807) is 0 Å². The molecule has 1 aromatic heterocycles. The number of H-pyrrole nitrogens is 1. The molecule has 2 aromatic rings. The van der Waals surface area contributed by atoms with Gasteiger partial charge in [-0.1, -0.05) is 51.0 Å². The summed E-state index contributed by atoms with van der Waals surface area (Å²) in [5, 5.41) is 12.9. The Kier molecular flexibility index (Phi) is 5.15. The van der Waals surface area contributed by atoms with Crippen molar-refractivity contribution >= 4 is 17.1 Å². The second-order valence-electron chi connectivity index (χ2n) is 7.98. The Labute approximate surface area is 162 Å². The highest BCUT2D eigenvalue weighted by Gasteiger charge is 2.33. The smallest absolute Gasteiger partial charge is 0.160 e. The summed E-state index contributed by atoms with van der Waals surface area (Å²) in [6, 6.07) is 9.03. The van der Waals surface area contributed by atoms with Crippen molar-refractivity contribution in [1.29, 1.82) is 0 Å². The summed E-state index contributed by atoms with van der Waals surface area (Å²) in [6.07, 6.45) is 9.69. The molecule has 0 amide bonds. The predicted molar refractivity (Wildman–Crippen MR) is 113 cm³/mol. The van der Waals surface area contributed by atoms with Gasteiger partial charge in [-0.15, -0.1) is 5.11 Å². The molecule has 142 valence electrons. The van der Waals surface area contributed by atoms with Crippen LogP contribution in [0.4, 0.5) is 11.5 Å². The van der Waals surface area contributed by atoms with Gasteiger partial charge in [-0.25, -0.2) is 0 Å². The zero-order valence-electron chi connectivity index (χ0n) is 16.5. The van der Waals surface area contributed by atoms with E-state index in [-0.39, 0.29) is 6.04 Å². The largest absolute Gasteiger partial charge is 0.377 e. The number of hydrogen-bond donors (Lipinski definition) is 2. The first-order chi connectivity index (χ1) is 13.2. The number of aromatic nitrogens is 1. The fourth-order valence-electron chi connectivity index (χ4n) is 4.40. The molecule has 4 rings (SSSR count). The molecule has 0 radical (unpaired) electrons. The third-order valence-corrected chi connectivity index (χ3v) is 6.16. The molecule has 1 aliphatic heterocycles. The van der Waals surface area contributed by atoms with Crippen molar-refractivity contribution in [3.63, 3.8) is 0 Å². The van der Waals surface area contributed by atoms with E-state index in [2.05, 4.69) is 71.4 Å². The molecule has 27 heavy (non-hydrogen) atoms. The van der Waals surface area contributed by atoms with Gasteiger partial charge < -0.3 is 10.3 Å². The molecule has 2 atom stereocenters. The number of aromatic amines is 1. The molecular weight excluding hydrogens is 332 g/mol. The molecule has 2 unspecified atom stereocenters. The van der Waals surface area contributed by atoms with E-state index in [1.165, 1.54) is 43.4 Å². The van der Waals surface area contributed by atoms with Crippen LogP contribution in [0.25, 0.3) is 5.57 Å². The van der Waals surface area contributed by atoms with Crippen LogP contribution in [0.2, 0.25) is 0 Å². The van der Waals surface area contributed by atoms with Gasteiger partial charge in [0, 0.05) is 28.6 Å². The lowest BCUT2D eigenvalue weighted by molar-refractivity contribution is 0.321. The summed E-state index contributed by atoms with van der Waals surface area (Å²) < 4.78 is 0. The van der Waals surface area contributed by atoms with E-state index in [0.29, 0.717) is 12.0 Å². The van der Waals surface area contributed by atoms with Gasteiger partial charge in [0.1, 0.15) is 0 Å². The van der Waals surface area contributed by atoms with Crippen molar-refractivity contribution in [2.24, 2.45) is 16.1 Å². The monoisotopic (exact) mass is 362 g/mol.